The number of hydrogen-bond acceptors (Lipinski definition) is 2. The summed E-state index contributed by atoms with van der Waals surface area (Å²) in [5.74, 6) is 3.80. The van der Waals surface area contributed by atoms with Crippen LogP contribution in [0.3, 0.4) is 0 Å². The molecule has 30 heavy (non-hydrogen) atoms. The second kappa shape index (κ2) is 11.3. The first-order chi connectivity index (χ1) is 14.1. The third-order valence-corrected chi connectivity index (χ3v) is 6.92. The monoisotopic (exact) mass is 414 g/mol. The minimum atomic E-state index is -0.244. The van der Waals surface area contributed by atoms with E-state index < -0.39 is 0 Å². The third kappa shape index (κ3) is 7.36. The van der Waals surface area contributed by atoms with Gasteiger partial charge < -0.3 is 9.84 Å². The molecule has 2 heteroatoms. The van der Waals surface area contributed by atoms with E-state index in [1.54, 1.807) is 0 Å². The summed E-state index contributed by atoms with van der Waals surface area (Å²) in [5, 5.41) is 10.1. The number of aromatic hydroxyl groups is 1. The molecule has 0 aromatic heterocycles. The van der Waals surface area contributed by atoms with Crippen molar-refractivity contribution in [2.45, 2.75) is 112 Å². The molecule has 2 rings (SSSR count). The van der Waals surface area contributed by atoms with E-state index in [1.165, 1.54) is 51.4 Å². The molecular formula is C28H46O2. The van der Waals surface area contributed by atoms with Crippen LogP contribution < -0.4 is 4.74 Å². The maximum Gasteiger partial charge on any atom is 0.131 e. The molecule has 1 heterocycles. The van der Waals surface area contributed by atoms with Crippen LogP contribution in [-0.2, 0) is 0 Å². The first kappa shape index (κ1) is 24.8. The molecular weight excluding hydrogens is 368 g/mol. The molecule has 1 aromatic carbocycles. The Bertz CT molecular complexity index is 703. The van der Waals surface area contributed by atoms with Crippen molar-refractivity contribution in [3.8, 4) is 11.5 Å². The van der Waals surface area contributed by atoms with E-state index in [0.29, 0.717) is 5.75 Å². The molecule has 0 spiro atoms. The lowest BCUT2D eigenvalue weighted by atomic mass is 9.88. The summed E-state index contributed by atoms with van der Waals surface area (Å²) in [4.78, 5) is 0. The van der Waals surface area contributed by atoms with Crippen LogP contribution in [0, 0.1) is 31.6 Å². The van der Waals surface area contributed by atoms with Crippen LogP contribution in [0.4, 0.5) is 0 Å². The Hall–Kier alpha value is -1.44. The topological polar surface area (TPSA) is 29.5 Å². The van der Waals surface area contributed by atoms with Crippen molar-refractivity contribution in [3.05, 3.63) is 28.8 Å². The largest absolute Gasteiger partial charge is 0.508 e. The standard InChI is InChI=1S/C28H46O2/c1-20(2)11-8-12-21(3)13-9-14-22(4)15-10-17-28(7)18-16-25-24(6)26(29)19-23(5)27(25)30-28/h16,18-22,29H,8-15,17H2,1-7H3. The fraction of sp³-hybridized carbons (Fsp3) is 0.714. The van der Waals surface area contributed by atoms with Crippen molar-refractivity contribution in [2.75, 3.05) is 0 Å². The second-order valence-electron chi connectivity index (χ2n) is 10.7. The van der Waals surface area contributed by atoms with Crippen LogP contribution in [0.15, 0.2) is 12.1 Å². The molecule has 2 nitrogen and oxygen atoms in total. The zero-order valence-electron chi connectivity index (χ0n) is 20.7. The Morgan fingerprint density at radius 2 is 1.47 bits per heavy atom. The molecule has 3 unspecified atom stereocenters. The van der Waals surface area contributed by atoms with Crippen LogP contribution in [0.1, 0.15) is 109 Å². The molecule has 0 saturated heterocycles. The van der Waals surface area contributed by atoms with Crippen molar-refractivity contribution < 1.29 is 9.84 Å². The van der Waals surface area contributed by atoms with Gasteiger partial charge in [0.15, 0.2) is 0 Å². The van der Waals surface area contributed by atoms with Crippen molar-refractivity contribution in [2.24, 2.45) is 17.8 Å². The lowest BCUT2D eigenvalue weighted by Crippen LogP contribution is -2.32. The van der Waals surface area contributed by atoms with Gasteiger partial charge in [0.05, 0.1) is 0 Å². The highest BCUT2D eigenvalue weighted by Crippen LogP contribution is 2.41. The zero-order chi connectivity index (χ0) is 22.3. The first-order valence-electron chi connectivity index (χ1n) is 12.3. The normalized spacial score (nSPS) is 20.1. The van der Waals surface area contributed by atoms with E-state index in [2.05, 4.69) is 46.8 Å². The van der Waals surface area contributed by atoms with E-state index in [-0.39, 0.29) is 5.60 Å². The Morgan fingerprint density at radius 1 is 0.900 bits per heavy atom. The average Bonchev–Trinajstić information content (AvgIpc) is 2.66. The molecule has 0 fully saturated rings. The third-order valence-electron chi connectivity index (χ3n) is 6.92. The average molecular weight is 415 g/mol. The molecule has 0 radical (unpaired) electrons. The summed E-state index contributed by atoms with van der Waals surface area (Å²) in [5.41, 5.74) is 2.70. The van der Waals surface area contributed by atoms with Gasteiger partial charge in [0, 0.05) is 11.1 Å². The molecule has 0 saturated carbocycles. The summed E-state index contributed by atoms with van der Waals surface area (Å²) in [6, 6.07) is 1.82. The van der Waals surface area contributed by atoms with E-state index in [0.717, 1.165) is 46.6 Å². The van der Waals surface area contributed by atoms with Crippen LogP contribution in [0.25, 0.3) is 6.08 Å². The number of phenols is 1. The van der Waals surface area contributed by atoms with Gasteiger partial charge in [-0.05, 0) is 69.1 Å². The SMILES string of the molecule is Cc1cc(O)c(C)c2c1OC(C)(CCCC(C)CCCC(C)CCCC(C)C)C=C2. The van der Waals surface area contributed by atoms with Crippen molar-refractivity contribution in [1.29, 1.82) is 0 Å². The highest BCUT2D eigenvalue weighted by atomic mass is 16.5. The molecule has 1 aliphatic rings. The Morgan fingerprint density at radius 3 is 2.07 bits per heavy atom. The van der Waals surface area contributed by atoms with E-state index in [9.17, 15) is 5.11 Å². The number of aryl methyl sites for hydroxylation is 1. The number of ether oxygens (including phenoxy) is 1. The van der Waals surface area contributed by atoms with E-state index in [1.807, 2.05) is 19.9 Å². The minimum absolute atomic E-state index is 0.244. The molecule has 0 amide bonds. The molecule has 1 aromatic rings. The van der Waals surface area contributed by atoms with E-state index in [4.69, 9.17) is 4.74 Å². The van der Waals surface area contributed by atoms with Gasteiger partial charge in [-0.1, -0.05) is 78.7 Å². The maximum absolute atomic E-state index is 10.1. The minimum Gasteiger partial charge on any atom is -0.508 e. The Kier molecular flexibility index (Phi) is 9.31. The smallest absolute Gasteiger partial charge is 0.131 e. The van der Waals surface area contributed by atoms with Gasteiger partial charge >= 0.3 is 0 Å². The second-order valence-corrected chi connectivity index (χ2v) is 10.7. The van der Waals surface area contributed by atoms with Gasteiger partial charge in [-0.15, -0.1) is 0 Å². The van der Waals surface area contributed by atoms with Crippen LogP contribution in [0.5, 0.6) is 11.5 Å². The van der Waals surface area contributed by atoms with Gasteiger partial charge in [-0.3, -0.25) is 0 Å². The summed E-state index contributed by atoms with van der Waals surface area (Å²) < 4.78 is 6.44. The van der Waals surface area contributed by atoms with Crippen LogP contribution >= 0.6 is 0 Å². The van der Waals surface area contributed by atoms with E-state index >= 15 is 0 Å². The number of benzene rings is 1. The summed E-state index contributed by atoms with van der Waals surface area (Å²) in [7, 11) is 0. The van der Waals surface area contributed by atoms with Crippen molar-refractivity contribution in [3.63, 3.8) is 0 Å². The quantitative estimate of drug-likeness (QED) is 0.371. The number of rotatable bonds is 12. The van der Waals surface area contributed by atoms with Gasteiger partial charge in [-0.2, -0.15) is 0 Å². The highest BCUT2D eigenvalue weighted by molar-refractivity contribution is 5.69. The molecule has 3 atom stereocenters. The lowest BCUT2D eigenvalue weighted by molar-refractivity contribution is 0.121. The van der Waals surface area contributed by atoms with Gasteiger partial charge in [0.2, 0.25) is 0 Å². The number of fused-ring (bicyclic) bond motifs is 1. The number of phenolic OH excluding ortho intramolecular Hbond substituents is 1. The van der Waals surface area contributed by atoms with Gasteiger partial charge in [-0.25, -0.2) is 0 Å². The molecule has 0 bridgehead atoms. The van der Waals surface area contributed by atoms with Crippen molar-refractivity contribution >= 4 is 6.08 Å². The Labute approximate surface area is 186 Å². The van der Waals surface area contributed by atoms with Gasteiger partial charge in [0.25, 0.3) is 0 Å². The van der Waals surface area contributed by atoms with Crippen LogP contribution in [-0.4, -0.2) is 10.7 Å². The highest BCUT2D eigenvalue weighted by Gasteiger charge is 2.29. The summed E-state index contributed by atoms with van der Waals surface area (Å²) in [6.07, 6.45) is 16.1. The fourth-order valence-corrected chi connectivity index (χ4v) is 4.68. The molecule has 0 aliphatic carbocycles. The molecule has 170 valence electrons. The summed E-state index contributed by atoms with van der Waals surface area (Å²) in [6.45, 7) is 15.7. The predicted molar refractivity (Wildman–Crippen MR) is 130 cm³/mol. The molecule has 1 N–H and O–H groups in total. The summed E-state index contributed by atoms with van der Waals surface area (Å²) >= 11 is 0. The zero-order valence-corrected chi connectivity index (χ0v) is 20.7. The first-order valence-corrected chi connectivity index (χ1v) is 12.3. The van der Waals surface area contributed by atoms with Gasteiger partial charge in [0.1, 0.15) is 17.1 Å². The lowest BCUT2D eigenvalue weighted by Gasteiger charge is -2.33. The maximum atomic E-state index is 10.1. The predicted octanol–water partition coefficient (Wildman–Crippen LogP) is 8.61. The van der Waals surface area contributed by atoms with Crippen LogP contribution in [0.2, 0.25) is 0 Å². The molecule has 1 aliphatic heterocycles. The Balaban J connectivity index is 1.71. The fourth-order valence-electron chi connectivity index (χ4n) is 4.68. The number of hydrogen-bond donors (Lipinski definition) is 1. The van der Waals surface area contributed by atoms with Crippen molar-refractivity contribution in [1.82, 2.24) is 0 Å².